The van der Waals surface area contributed by atoms with Gasteiger partial charge in [-0.1, -0.05) is 48.5 Å². The molecule has 0 unspecified atom stereocenters. The average Bonchev–Trinajstić information content (AvgIpc) is 2.69. The normalized spacial score (nSPS) is 11.3. The van der Waals surface area contributed by atoms with Crippen LogP contribution in [0.5, 0.6) is 5.75 Å². The van der Waals surface area contributed by atoms with E-state index in [9.17, 15) is 4.79 Å². The Kier molecular flexibility index (Phi) is 6.65. The van der Waals surface area contributed by atoms with Crippen LogP contribution < -0.4 is 4.74 Å². The van der Waals surface area contributed by atoms with Crippen LogP contribution >= 0.6 is 0 Å². The lowest BCUT2D eigenvalue weighted by atomic mass is 10.2. The summed E-state index contributed by atoms with van der Waals surface area (Å²) in [5, 5.41) is 0. The van der Waals surface area contributed by atoms with E-state index in [1.807, 2.05) is 45.0 Å². The minimum atomic E-state index is -0.533. The third-order valence-corrected chi connectivity index (χ3v) is 6.52. The lowest BCUT2D eigenvalue weighted by Gasteiger charge is -2.20. The van der Waals surface area contributed by atoms with Crippen LogP contribution in [-0.4, -0.2) is 18.2 Å². The maximum atomic E-state index is 12.2. The molecule has 0 spiro atoms. The Bertz CT molecular complexity index is 907. The van der Waals surface area contributed by atoms with Crippen LogP contribution in [0, 0.1) is 6.92 Å². The summed E-state index contributed by atoms with van der Waals surface area (Å²) >= 11 is 0. The third kappa shape index (κ3) is 5.64. The highest BCUT2D eigenvalue weighted by Gasteiger charge is 2.34. The number of ether oxygens (including phenoxy) is 2. The van der Waals surface area contributed by atoms with Crippen LogP contribution in [0.25, 0.3) is 0 Å². The van der Waals surface area contributed by atoms with Crippen molar-refractivity contribution in [1.82, 2.24) is 0 Å². The minimum absolute atomic E-state index is 0.117. The fraction of sp³-hybridized carbons (Fsp3) is 0.240. The Morgan fingerprint density at radius 3 is 1.90 bits per heavy atom. The second kappa shape index (κ2) is 9.19. The summed E-state index contributed by atoms with van der Waals surface area (Å²) in [6.07, 6.45) is 0. The molecular weight excluding hydrogens is 380 g/mol. The fourth-order valence-corrected chi connectivity index (χ4v) is 5.31. The molecule has 0 aliphatic carbocycles. The molecule has 4 heteroatoms. The van der Waals surface area contributed by atoms with Gasteiger partial charge in [-0.05, 0) is 58.0 Å². The minimum Gasteiger partial charge on any atom is -0.477 e. The van der Waals surface area contributed by atoms with Gasteiger partial charge < -0.3 is 9.47 Å². The maximum absolute atomic E-state index is 12.2. The van der Waals surface area contributed by atoms with Gasteiger partial charge in [0, 0.05) is 5.56 Å². The van der Waals surface area contributed by atoms with Crippen molar-refractivity contribution in [2.45, 2.75) is 48.0 Å². The zero-order valence-electron chi connectivity index (χ0n) is 17.3. The molecule has 0 fully saturated rings. The Balaban J connectivity index is 2.00. The second-order valence-electron chi connectivity index (χ2n) is 7.71. The van der Waals surface area contributed by atoms with E-state index in [-0.39, 0.29) is 23.5 Å². The summed E-state index contributed by atoms with van der Waals surface area (Å²) in [5.41, 5.74) is 0.594. The van der Waals surface area contributed by atoms with Crippen molar-refractivity contribution in [1.29, 1.82) is 0 Å². The van der Waals surface area contributed by atoms with Crippen LogP contribution in [0.1, 0.15) is 26.3 Å². The lowest BCUT2D eigenvalue weighted by Crippen LogP contribution is -2.27. The van der Waals surface area contributed by atoms with Gasteiger partial charge in [0.25, 0.3) is 0 Å². The number of aryl methyl sites for hydroxylation is 1. The van der Waals surface area contributed by atoms with E-state index in [0.29, 0.717) is 5.75 Å². The van der Waals surface area contributed by atoms with Crippen molar-refractivity contribution < 1.29 is 14.3 Å². The number of benzene rings is 3. The first-order valence-corrected chi connectivity index (χ1v) is 10.9. The molecule has 0 radical (unpaired) electrons. The summed E-state index contributed by atoms with van der Waals surface area (Å²) in [4.78, 5) is 15.7. The quantitative estimate of drug-likeness (QED) is 0.382. The Morgan fingerprint density at radius 2 is 1.38 bits per heavy atom. The van der Waals surface area contributed by atoms with Crippen LogP contribution in [-0.2, 0) is 20.4 Å². The van der Waals surface area contributed by atoms with E-state index >= 15 is 0 Å². The Hall–Kier alpha value is -2.72. The number of esters is 1. The van der Waals surface area contributed by atoms with Crippen molar-refractivity contribution in [2.24, 2.45) is 0 Å². The van der Waals surface area contributed by atoms with Gasteiger partial charge in [0.05, 0.1) is 0 Å². The molecule has 0 aliphatic rings. The highest BCUT2D eigenvalue weighted by Crippen LogP contribution is 2.38. The van der Waals surface area contributed by atoms with Crippen molar-refractivity contribution in [3.8, 4) is 5.75 Å². The largest absolute Gasteiger partial charge is 0.477 e. The molecule has 0 heterocycles. The van der Waals surface area contributed by atoms with Gasteiger partial charge in [0.15, 0.2) is 22.1 Å². The van der Waals surface area contributed by atoms with Gasteiger partial charge >= 0.3 is 5.97 Å². The highest BCUT2D eigenvalue weighted by atomic mass is 32.2. The molecule has 0 saturated carbocycles. The molecule has 150 valence electrons. The van der Waals surface area contributed by atoms with E-state index in [1.54, 1.807) is 0 Å². The zero-order chi connectivity index (χ0) is 20.9. The predicted molar refractivity (Wildman–Crippen MR) is 118 cm³/mol. The fourth-order valence-electron chi connectivity index (χ4n) is 2.99. The van der Waals surface area contributed by atoms with Gasteiger partial charge in [-0.15, -0.1) is 0 Å². The molecule has 0 amide bonds. The Morgan fingerprint density at radius 1 is 0.828 bits per heavy atom. The van der Waals surface area contributed by atoms with Crippen molar-refractivity contribution in [3.63, 3.8) is 0 Å². The summed E-state index contributed by atoms with van der Waals surface area (Å²) in [7, 11) is -0.349. The van der Waals surface area contributed by atoms with Gasteiger partial charge in [-0.2, -0.15) is 0 Å². The van der Waals surface area contributed by atoms with Crippen molar-refractivity contribution in [3.05, 3.63) is 84.4 Å². The first-order valence-electron chi connectivity index (χ1n) is 9.64. The molecule has 3 aromatic carbocycles. The third-order valence-electron chi connectivity index (χ3n) is 4.10. The van der Waals surface area contributed by atoms with Gasteiger partial charge in [-0.3, -0.25) is 0 Å². The zero-order valence-corrected chi connectivity index (χ0v) is 18.2. The standard InChI is InChI=1S/C25H27O3S/c1-19-12-11-17-22(27-18-23(26)28-25(2,3)4)24(19)29(20-13-7-5-8-14-20)21-15-9-6-10-16-21/h5-17H,18H2,1-4H3/q+1. The molecule has 0 atom stereocenters. The molecular formula is C25H27O3S+. The molecule has 0 aliphatic heterocycles. The molecule has 3 nitrogen and oxygen atoms in total. The van der Waals surface area contributed by atoms with Gasteiger partial charge in [-0.25, -0.2) is 4.79 Å². The first kappa shape index (κ1) is 21.0. The average molecular weight is 408 g/mol. The molecule has 0 saturated heterocycles. The summed E-state index contributed by atoms with van der Waals surface area (Å²) in [6.45, 7) is 7.53. The molecule has 0 N–H and O–H groups in total. The number of carbonyl (C=O) groups excluding carboxylic acids is 1. The monoisotopic (exact) mass is 407 g/mol. The molecule has 3 rings (SSSR count). The van der Waals surface area contributed by atoms with E-state index in [1.165, 1.54) is 9.79 Å². The predicted octanol–water partition coefficient (Wildman–Crippen LogP) is 5.81. The molecule has 3 aromatic rings. The van der Waals surface area contributed by atoms with E-state index in [0.717, 1.165) is 10.5 Å². The van der Waals surface area contributed by atoms with Crippen LogP contribution in [0.2, 0.25) is 0 Å². The first-order chi connectivity index (χ1) is 13.8. The van der Waals surface area contributed by atoms with Crippen LogP contribution in [0.3, 0.4) is 0 Å². The van der Waals surface area contributed by atoms with Crippen molar-refractivity contribution >= 4 is 16.9 Å². The molecule has 0 aromatic heterocycles. The summed E-state index contributed by atoms with van der Waals surface area (Å²) < 4.78 is 11.4. The summed E-state index contributed by atoms with van der Waals surface area (Å²) in [6, 6.07) is 26.8. The Labute approximate surface area is 176 Å². The number of rotatable bonds is 6. The number of hydrogen-bond acceptors (Lipinski definition) is 3. The van der Waals surface area contributed by atoms with Gasteiger partial charge in [0.2, 0.25) is 4.90 Å². The smallest absolute Gasteiger partial charge is 0.344 e. The van der Waals surface area contributed by atoms with Crippen LogP contribution in [0.4, 0.5) is 0 Å². The number of carbonyl (C=O) groups is 1. The SMILES string of the molecule is Cc1cccc(OCC(=O)OC(C)(C)C)c1[S+](c1ccccc1)c1ccccc1. The maximum Gasteiger partial charge on any atom is 0.344 e. The van der Waals surface area contributed by atoms with E-state index in [2.05, 4.69) is 61.5 Å². The van der Waals surface area contributed by atoms with E-state index < -0.39 is 5.60 Å². The van der Waals surface area contributed by atoms with E-state index in [4.69, 9.17) is 9.47 Å². The number of hydrogen-bond donors (Lipinski definition) is 0. The second-order valence-corrected chi connectivity index (χ2v) is 9.67. The molecule has 29 heavy (non-hydrogen) atoms. The summed E-state index contributed by atoms with van der Waals surface area (Å²) in [5.74, 6) is 0.344. The van der Waals surface area contributed by atoms with Crippen LogP contribution in [0.15, 0.2) is 93.5 Å². The van der Waals surface area contributed by atoms with Gasteiger partial charge in [0.1, 0.15) is 16.5 Å². The topological polar surface area (TPSA) is 35.5 Å². The highest BCUT2D eigenvalue weighted by molar-refractivity contribution is 7.97. The molecule has 0 bridgehead atoms. The lowest BCUT2D eigenvalue weighted by molar-refractivity contribution is -0.157. The van der Waals surface area contributed by atoms with Crippen molar-refractivity contribution in [2.75, 3.05) is 6.61 Å².